The third-order valence-corrected chi connectivity index (χ3v) is 12.1. The van der Waals surface area contributed by atoms with Crippen molar-refractivity contribution in [1.82, 2.24) is 9.80 Å². The molecule has 0 aromatic heterocycles. The fourth-order valence-electron chi connectivity index (χ4n) is 9.76. The van der Waals surface area contributed by atoms with Crippen molar-refractivity contribution >= 4 is 23.5 Å². The van der Waals surface area contributed by atoms with E-state index in [1.807, 2.05) is 115 Å². The molecule has 290 valence electrons. The van der Waals surface area contributed by atoms with Crippen LogP contribution in [0.25, 0.3) is 0 Å². The Labute approximate surface area is 330 Å². The molecule has 0 unspecified atom stereocenters. The van der Waals surface area contributed by atoms with Gasteiger partial charge in [0.1, 0.15) is 29.9 Å². The molecule has 2 fully saturated rings. The first-order valence-corrected chi connectivity index (χ1v) is 19.2. The van der Waals surface area contributed by atoms with Crippen LogP contribution in [-0.4, -0.2) is 72.7 Å². The Morgan fingerprint density at radius 3 is 2.18 bits per heavy atom. The molecular formula is C46H43N3O8. The first-order chi connectivity index (χ1) is 27.9. The molecule has 4 aliphatic rings. The van der Waals surface area contributed by atoms with Crippen molar-refractivity contribution in [2.75, 3.05) is 39.3 Å². The number of rotatable bonds is 9. The van der Waals surface area contributed by atoms with Crippen molar-refractivity contribution in [2.24, 2.45) is 5.92 Å². The number of esters is 1. The molecule has 4 heterocycles. The van der Waals surface area contributed by atoms with Crippen molar-refractivity contribution in [3.8, 4) is 17.2 Å². The van der Waals surface area contributed by atoms with Gasteiger partial charge in [-0.2, -0.15) is 0 Å². The van der Waals surface area contributed by atoms with Gasteiger partial charge in [0, 0.05) is 24.3 Å². The molecule has 2 N–H and O–H groups in total. The van der Waals surface area contributed by atoms with Crippen LogP contribution >= 0.6 is 0 Å². The highest BCUT2D eigenvalue weighted by Crippen LogP contribution is 2.65. The monoisotopic (exact) mass is 765 g/mol. The number of carbonyl (C=O) groups excluding carboxylic acids is 3. The second-order valence-electron chi connectivity index (χ2n) is 14.9. The van der Waals surface area contributed by atoms with Crippen molar-refractivity contribution in [1.29, 1.82) is 0 Å². The number of benzene rings is 5. The van der Waals surface area contributed by atoms with Gasteiger partial charge in [-0.3, -0.25) is 19.3 Å². The Hall–Kier alpha value is -6.17. The van der Waals surface area contributed by atoms with Gasteiger partial charge in [0.15, 0.2) is 11.5 Å². The fourth-order valence-corrected chi connectivity index (χ4v) is 9.76. The Bertz CT molecular complexity index is 2340. The fraction of sp³-hybridized carbons (Fsp3) is 0.283. The standard InChI is InChI=1S/C46H43N3O8/c1-54-36-25-30-21-22-48(27-31(30)26-37(36)55-2)43(51)38-40-44(52)57-41(29-15-7-4-8-16-29)39(28-13-5-3-6-14-28)49(40)42(32-17-9-12-20-35(32)56-24-23-50)46(38)33-18-10-11-19-34(33)47-45(46)53/h3-20,25-26,38-42,50H,21-24,27H2,1-2H3,(H,47,53)/t38-,39-,40-,41+,42+,46-/m0/s1. The molecular weight excluding hydrogens is 723 g/mol. The molecule has 0 aliphatic carbocycles. The van der Waals surface area contributed by atoms with Gasteiger partial charge in [0.2, 0.25) is 11.8 Å². The zero-order chi connectivity index (χ0) is 39.3. The number of carbonyl (C=O) groups is 3. The van der Waals surface area contributed by atoms with E-state index in [0.717, 1.165) is 22.3 Å². The van der Waals surface area contributed by atoms with Crippen molar-refractivity contribution in [3.63, 3.8) is 0 Å². The molecule has 11 nitrogen and oxygen atoms in total. The number of morpholine rings is 1. The van der Waals surface area contributed by atoms with E-state index in [2.05, 4.69) is 10.2 Å². The van der Waals surface area contributed by atoms with Gasteiger partial charge in [-0.05, 0) is 58.5 Å². The average molecular weight is 766 g/mol. The number of amides is 2. The van der Waals surface area contributed by atoms with Crippen LogP contribution in [0.1, 0.15) is 51.6 Å². The lowest BCUT2D eigenvalue weighted by Gasteiger charge is -2.46. The number of nitrogens with zero attached hydrogens (tertiary/aromatic N) is 2. The van der Waals surface area contributed by atoms with Gasteiger partial charge in [-0.25, -0.2) is 0 Å². The largest absolute Gasteiger partial charge is 0.493 e. The van der Waals surface area contributed by atoms with Crippen LogP contribution < -0.4 is 19.5 Å². The molecule has 57 heavy (non-hydrogen) atoms. The predicted molar refractivity (Wildman–Crippen MR) is 211 cm³/mol. The number of anilines is 1. The zero-order valence-corrected chi connectivity index (χ0v) is 31.7. The summed E-state index contributed by atoms with van der Waals surface area (Å²) in [5.41, 5.74) is 3.72. The number of hydrogen-bond acceptors (Lipinski definition) is 9. The van der Waals surface area contributed by atoms with Gasteiger partial charge in [-0.1, -0.05) is 97.1 Å². The molecule has 11 heteroatoms. The molecule has 0 bridgehead atoms. The summed E-state index contributed by atoms with van der Waals surface area (Å²) in [7, 11) is 3.17. The third-order valence-electron chi connectivity index (χ3n) is 12.1. The number of aliphatic hydroxyl groups excluding tert-OH is 1. The quantitative estimate of drug-likeness (QED) is 0.176. The van der Waals surface area contributed by atoms with Crippen LogP contribution in [0.4, 0.5) is 5.69 Å². The number of cyclic esters (lactones) is 1. The molecule has 2 amide bonds. The average Bonchev–Trinajstić information content (AvgIpc) is 3.74. The summed E-state index contributed by atoms with van der Waals surface area (Å²) in [6.45, 7) is 0.364. The van der Waals surface area contributed by atoms with E-state index in [4.69, 9.17) is 18.9 Å². The smallest absolute Gasteiger partial charge is 0.324 e. The summed E-state index contributed by atoms with van der Waals surface area (Å²) in [5, 5.41) is 13.0. The molecule has 2 saturated heterocycles. The van der Waals surface area contributed by atoms with E-state index in [9.17, 15) is 5.11 Å². The topological polar surface area (TPSA) is 127 Å². The first-order valence-electron chi connectivity index (χ1n) is 19.2. The van der Waals surface area contributed by atoms with Crippen LogP contribution in [0.15, 0.2) is 121 Å². The lowest BCUT2D eigenvalue weighted by molar-refractivity contribution is -0.179. The summed E-state index contributed by atoms with van der Waals surface area (Å²) >= 11 is 0. The Morgan fingerprint density at radius 1 is 0.807 bits per heavy atom. The molecule has 4 aliphatic heterocycles. The zero-order valence-electron chi connectivity index (χ0n) is 31.7. The Balaban J connectivity index is 1.30. The van der Waals surface area contributed by atoms with Gasteiger partial charge < -0.3 is 34.3 Å². The Morgan fingerprint density at radius 2 is 1.46 bits per heavy atom. The maximum atomic E-state index is 15.8. The van der Waals surface area contributed by atoms with E-state index in [-0.39, 0.29) is 25.7 Å². The second kappa shape index (κ2) is 14.7. The summed E-state index contributed by atoms with van der Waals surface area (Å²) in [6, 6.07) is 35.3. The van der Waals surface area contributed by atoms with Gasteiger partial charge in [-0.15, -0.1) is 0 Å². The van der Waals surface area contributed by atoms with Crippen LogP contribution in [0.3, 0.4) is 0 Å². The van der Waals surface area contributed by atoms with E-state index in [1.54, 1.807) is 25.2 Å². The normalized spacial score (nSPS) is 24.9. The van der Waals surface area contributed by atoms with E-state index >= 15 is 14.4 Å². The molecule has 5 aromatic carbocycles. The van der Waals surface area contributed by atoms with Crippen LogP contribution in [0, 0.1) is 5.92 Å². The number of nitrogens with one attached hydrogen (secondary N) is 1. The van der Waals surface area contributed by atoms with Gasteiger partial charge in [0.25, 0.3) is 0 Å². The first kappa shape index (κ1) is 36.5. The summed E-state index contributed by atoms with van der Waals surface area (Å²) in [4.78, 5) is 50.2. The van der Waals surface area contributed by atoms with Gasteiger partial charge in [0.05, 0.1) is 38.8 Å². The highest BCUT2D eigenvalue weighted by atomic mass is 16.6. The predicted octanol–water partition coefficient (Wildman–Crippen LogP) is 5.93. The minimum absolute atomic E-state index is 0.00351. The van der Waals surface area contributed by atoms with Crippen LogP contribution in [0.5, 0.6) is 17.2 Å². The Kier molecular flexibility index (Phi) is 9.42. The summed E-state index contributed by atoms with van der Waals surface area (Å²) < 4.78 is 24.0. The number of methoxy groups -OCH3 is 2. The molecule has 0 saturated carbocycles. The SMILES string of the molecule is COc1cc2c(cc1OC)CN(C(=O)[C@@H]1[C@H]3C(=O)O[C@H](c4ccccc4)[C@H](c4ccccc4)N3[C@H](c3ccccc3OCCO)[C@@]13C(=O)Nc1ccccc13)CC2. The lowest BCUT2D eigenvalue weighted by Crippen LogP contribution is -2.56. The molecule has 1 spiro atoms. The summed E-state index contributed by atoms with van der Waals surface area (Å²) in [5.74, 6) is -0.953. The molecule has 9 rings (SSSR count). The van der Waals surface area contributed by atoms with Crippen molar-refractivity contribution in [2.45, 2.75) is 42.6 Å². The van der Waals surface area contributed by atoms with Crippen LogP contribution in [-0.2, 0) is 37.5 Å². The second-order valence-corrected chi connectivity index (χ2v) is 14.9. The van der Waals surface area contributed by atoms with E-state index < -0.39 is 47.4 Å². The van der Waals surface area contributed by atoms with E-state index in [1.165, 1.54) is 0 Å². The number of fused-ring (bicyclic) bond motifs is 4. The lowest BCUT2D eigenvalue weighted by atomic mass is 9.65. The highest BCUT2D eigenvalue weighted by molar-refractivity contribution is 6.12. The minimum Gasteiger partial charge on any atom is -0.493 e. The molecule has 6 atom stereocenters. The molecule has 0 radical (unpaired) electrons. The highest BCUT2D eigenvalue weighted by Gasteiger charge is 2.74. The van der Waals surface area contributed by atoms with Gasteiger partial charge >= 0.3 is 5.97 Å². The third kappa shape index (κ3) is 5.75. The maximum absolute atomic E-state index is 15.8. The molecule has 5 aromatic rings. The van der Waals surface area contributed by atoms with Crippen LogP contribution in [0.2, 0.25) is 0 Å². The van der Waals surface area contributed by atoms with Crippen molar-refractivity contribution in [3.05, 3.63) is 155 Å². The minimum atomic E-state index is -1.63. The van der Waals surface area contributed by atoms with Crippen molar-refractivity contribution < 1.29 is 38.4 Å². The summed E-state index contributed by atoms with van der Waals surface area (Å²) in [6.07, 6.45) is -0.257. The van der Waals surface area contributed by atoms with E-state index in [0.29, 0.717) is 47.0 Å². The number of hydrogen-bond donors (Lipinski definition) is 2. The number of para-hydroxylation sites is 2. The maximum Gasteiger partial charge on any atom is 0.324 e. The number of aliphatic hydroxyl groups is 1. The number of ether oxygens (including phenoxy) is 4.